The van der Waals surface area contributed by atoms with Crippen LogP contribution < -0.4 is 20.2 Å². The predicted molar refractivity (Wildman–Crippen MR) is 98.2 cm³/mol. The minimum atomic E-state index is -0.506. The molecule has 2 N–H and O–H groups in total. The first-order chi connectivity index (χ1) is 12.6. The van der Waals surface area contributed by atoms with Gasteiger partial charge in [0.05, 0.1) is 20.4 Å². The van der Waals surface area contributed by atoms with Crippen LogP contribution in [0.1, 0.15) is 17.5 Å². The topological polar surface area (TPSA) is 89.0 Å². The van der Waals surface area contributed by atoms with E-state index in [9.17, 15) is 9.59 Å². The number of ether oxygens (including phenoxy) is 2. The molecular weight excluding hydrogens is 334 g/mol. The van der Waals surface area contributed by atoms with E-state index in [4.69, 9.17) is 9.47 Å². The van der Waals surface area contributed by atoms with Crippen LogP contribution in [-0.4, -0.2) is 32.2 Å². The number of hydrazone groups is 1. The van der Waals surface area contributed by atoms with Crippen molar-refractivity contribution in [1.29, 1.82) is 0 Å². The number of hydrogen-bond donors (Lipinski definition) is 2. The van der Waals surface area contributed by atoms with Crippen molar-refractivity contribution < 1.29 is 19.1 Å². The van der Waals surface area contributed by atoms with E-state index in [1.165, 1.54) is 20.4 Å². The normalized spacial score (nSPS) is 10.4. The average molecular weight is 355 g/mol. The van der Waals surface area contributed by atoms with Gasteiger partial charge >= 0.3 is 0 Å². The molecular formula is C19H21N3O4. The highest BCUT2D eigenvalue weighted by atomic mass is 16.5. The Balaban J connectivity index is 1.83. The minimum absolute atomic E-state index is 0.306. The zero-order valence-corrected chi connectivity index (χ0v) is 14.7. The Labute approximate surface area is 152 Å². The third-order valence-electron chi connectivity index (χ3n) is 3.48. The number of rotatable bonds is 8. The number of hydrogen-bond acceptors (Lipinski definition) is 5. The standard InChI is InChI=1S/C19H21N3O4/c1-25-16-10-6-9-15(19(16)26-2)13-21-22-18(24)11-17(23)20-12-14-7-4-3-5-8-14/h3-10,13H,11-12H2,1-2H3,(H,20,23)(H,22,24)/b21-13+. The number of nitrogens with zero attached hydrogens (tertiary/aromatic N) is 1. The zero-order chi connectivity index (χ0) is 18.8. The molecule has 136 valence electrons. The molecule has 2 rings (SSSR count). The number of carbonyl (C=O) groups excluding carboxylic acids is 2. The maximum Gasteiger partial charge on any atom is 0.249 e. The van der Waals surface area contributed by atoms with Gasteiger partial charge in [-0.3, -0.25) is 9.59 Å². The highest BCUT2D eigenvalue weighted by Crippen LogP contribution is 2.29. The Hall–Kier alpha value is -3.35. The first-order valence-electron chi connectivity index (χ1n) is 7.97. The molecule has 0 saturated carbocycles. The lowest BCUT2D eigenvalue weighted by Gasteiger charge is -2.09. The van der Waals surface area contributed by atoms with Crippen LogP contribution in [0.15, 0.2) is 53.6 Å². The van der Waals surface area contributed by atoms with Gasteiger partial charge in [0, 0.05) is 12.1 Å². The Morgan fingerprint density at radius 1 is 1.00 bits per heavy atom. The third kappa shape index (κ3) is 5.62. The Bertz CT molecular complexity index is 776. The molecule has 0 atom stereocenters. The Morgan fingerprint density at radius 2 is 1.77 bits per heavy atom. The summed E-state index contributed by atoms with van der Waals surface area (Å²) >= 11 is 0. The molecule has 0 aliphatic rings. The van der Waals surface area contributed by atoms with Gasteiger partial charge in [0.2, 0.25) is 11.8 Å². The van der Waals surface area contributed by atoms with Crippen molar-refractivity contribution >= 4 is 18.0 Å². The summed E-state index contributed by atoms with van der Waals surface area (Å²) in [4.78, 5) is 23.6. The maximum absolute atomic E-state index is 11.8. The molecule has 0 heterocycles. The molecule has 0 fully saturated rings. The van der Waals surface area contributed by atoms with Crippen LogP contribution in [0.25, 0.3) is 0 Å². The van der Waals surface area contributed by atoms with Crippen LogP contribution in [0.2, 0.25) is 0 Å². The monoisotopic (exact) mass is 355 g/mol. The van der Waals surface area contributed by atoms with E-state index in [0.29, 0.717) is 23.6 Å². The third-order valence-corrected chi connectivity index (χ3v) is 3.48. The van der Waals surface area contributed by atoms with Gasteiger partial charge in [0.15, 0.2) is 11.5 Å². The molecule has 0 saturated heterocycles. The van der Waals surface area contributed by atoms with Crippen molar-refractivity contribution in [2.75, 3.05) is 14.2 Å². The molecule has 7 nitrogen and oxygen atoms in total. The maximum atomic E-state index is 11.8. The van der Waals surface area contributed by atoms with E-state index in [0.717, 1.165) is 5.56 Å². The van der Waals surface area contributed by atoms with Gasteiger partial charge in [-0.1, -0.05) is 36.4 Å². The summed E-state index contributed by atoms with van der Waals surface area (Å²) in [6.07, 6.45) is 1.13. The lowest BCUT2D eigenvalue weighted by atomic mass is 10.2. The van der Waals surface area contributed by atoms with E-state index >= 15 is 0 Å². The quantitative estimate of drug-likeness (QED) is 0.430. The minimum Gasteiger partial charge on any atom is -0.493 e. The van der Waals surface area contributed by atoms with Crippen LogP contribution in [-0.2, 0) is 16.1 Å². The van der Waals surface area contributed by atoms with Gasteiger partial charge in [-0.25, -0.2) is 5.43 Å². The molecule has 0 spiro atoms. The fourth-order valence-electron chi connectivity index (χ4n) is 2.23. The van der Waals surface area contributed by atoms with Gasteiger partial charge in [-0.2, -0.15) is 5.10 Å². The molecule has 0 bridgehead atoms. The predicted octanol–water partition coefficient (Wildman–Crippen LogP) is 1.86. The fourth-order valence-corrected chi connectivity index (χ4v) is 2.23. The molecule has 7 heteroatoms. The van der Waals surface area contributed by atoms with Crippen molar-refractivity contribution in [2.45, 2.75) is 13.0 Å². The zero-order valence-electron chi connectivity index (χ0n) is 14.7. The summed E-state index contributed by atoms with van der Waals surface area (Å²) < 4.78 is 10.5. The summed E-state index contributed by atoms with van der Waals surface area (Å²) in [5.74, 6) is 0.186. The van der Waals surface area contributed by atoms with Crippen LogP contribution in [0.5, 0.6) is 11.5 Å². The number of benzene rings is 2. The summed E-state index contributed by atoms with van der Waals surface area (Å²) in [5, 5.41) is 6.54. The smallest absolute Gasteiger partial charge is 0.249 e. The molecule has 2 aromatic carbocycles. The largest absolute Gasteiger partial charge is 0.493 e. The van der Waals surface area contributed by atoms with Crippen LogP contribution in [0.4, 0.5) is 0 Å². The molecule has 0 radical (unpaired) electrons. The molecule has 2 aromatic rings. The average Bonchev–Trinajstić information content (AvgIpc) is 2.66. The van der Waals surface area contributed by atoms with Crippen molar-refractivity contribution in [1.82, 2.24) is 10.7 Å². The van der Waals surface area contributed by atoms with Gasteiger partial charge in [-0.15, -0.1) is 0 Å². The van der Waals surface area contributed by atoms with Crippen molar-refractivity contribution in [2.24, 2.45) is 5.10 Å². The van der Waals surface area contributed by atoms with E-state index in [-0.39, 0.29) is 12.3 Å². The second kappa shape index (κ2) is 9.83. The lowest BCUT2D eigenvalue weighted by Crippen LogP contribution is -2.29. The molecule has 0 aliphatic heterocycles. The van der Waals surface area contributed by atoms with E-state index in [2.05, 4.69) is 15.8 Å². The summed E-state index contributed by atoms with van der Waals surface area (Å²) in [6, 6.07) is 14.8. The van der Waals surface area contributed by atoms with Crippen molar-refractivity contribution in [3.8, 4) is 11.5 Å². The molecule has 2 amide bonds. The van der Waals surface area contributed by atoms with E-state index in [1.807, 2.05) is 30.3 Å². The van der Waals surface area contributed by atoms with Crippen LogP contribution in [0, 0.1) is 0 Å². The van der Waals surface area contributed by atoms with Crippen molar-refractivity contribution in [3.05, 3.63) is 59.7 Å². The van der Waals surface area contributed by atoms with Crippen molar-refractivity contribution in [3.63, 3.8) is 0 Å². The van der Waals surface area contributed by atoms with Gasteiger partial charge in [0.1, 0.15) is 6.42 Å². The second-order valence-corrected chi connectivity index (χ2v) is 5.32. The van der Waals surface area contributed by atoms with E-state index in [1.54, 1.807) is 18.2 Å². The molecule has 0 aliphatic carbocycles. The molecule has 0 unspecified atom stereocenters. The number of nitrogens with one attached hydrogen (secondary N) is 2. The second-order valence-electron chi connectivity index (χ2n) is 5.32. The highest BCUT2D eigenvalue weighted by molar-refractivity contribution is 5.97. The van der Waals surface area contributed by atoms with Crippen LogP contribution >= 0.6 is 0 Å². The molecule has 0 aromatic heterocycles. The first-order valence-corrected chi connectivity index (χ1v) is 7.97. The summed E-state index contributed by atoms with van der Waals surface area (Å²) in [5.41, 5.74) is 3.92. The number of methoxy groups -OCH3 is 2. The summed E-state index contributed by atoms with van der Waals surface area (Å²) in [7, 11) is 3.06. The lowest BCUT2D eigenvalue weighted by molar-refractivity contribution is -0.129. The number of carbonyl (C=O) groups is 2. The molecule has 26 heavy (non-hydrogen) atoms. The summed E-state index contributed by atoms with van der Waals surface area (Å²) in [6.45, 7) is 0.372. The van der Waals surface area contributed by atoms with E-state index < -0.39 is 5.91 Å². The SMILES string of the molecule is COc1cccc(/C=N/NC(=O)CC(=O)NCc2ccccc2)c1OC. The number of para-hydroxylation sites is 1. The van der Waals surface area contributed by atoms with Gasteiger partial charge in [0.25, 0.3) is 0 Å². The highest BCUT2D eigenvalue weighted by Gasteiger charge is 2.09. The fraction of sp³-hybridized carbons (Fsp3) is 0.211. The van der Waals surface area contributed by atoms with Gasteiger partial charge in [-0.05, 0) is 17.7 Å². The first kappa shape index (κ1) is 19.0. The number of amides is 2. The Kier molecular flexibility index (Phi) is 7.17. The Morgan fingerprint density at radius 3 is 2.46 bits per heavy atom. The van der Waals surface area contributed by atoms with Gasteiger partial charge < -0.3 is 14.8 Å². The van der Waals surface area contributed by atoms with Crippen LogP contribution in [0.3, 0.4) is 0 Å².